The summed E-state index contributed by atoms with van der Waals surface area (Å²) in [4.78, 5) is 59.2. The molecule has 0 spiro atoms. The fraction of sp³-hybridized carbons (Fsp3) is 0.556. The predicted octanol–water partition coefficient (Wildman–Crippen LogP) is -2.67. The number of carbonyl (C=O) groups excluding carboxylic acids is 3. The average Bonchev–Trinajstić information content (AvgIpc) is 2.95. The number of guanidine groups is 2. The van der Waals surface area contributed by atoms with E-state index < -0.39 is 47.9 Å². The number of carboxylic acid groups (broad SMARTS) is 1. The molecule has 16 nitrogen and oxygen atoms in total. The Hall–Kier alpha value is -4.44. The molecule has 0 bridgehead atoms. The van der Waals surface area contributed by atoms with Crippen molar-refractivity contribution in [1.29, 1.82) is 0 Å². The molecule has 1 aromatic rings. The number of unbranched alkanes of at least 4 members (excludes halogenated alkanes) is 1. The zero-order chi connectivity index (χ0) is 32.2. The van der Waals surface area contributed by atoms with Crippen molar-refractivity contribution >= 4 is 35.6 Å². The third-order valence-corrected chi connectivity index (χ3v) is 6.36. The molecule has 0 radical (unpaired) electrons. The molecule has 43 heavy (non-hydrogen) atoms. The van der Waals surface area contributed by atoms with Crippen molar-refractivity contribution in [1.82, 2.24) is 16.0 Å². The molecule has 0 aliphatic heterocycles. The number of benzene rings is 1. The second kappa shape index (κ2) is 20.4. The largest absolute Gasteiger partial charge is 0.480 e. The molecule has 0 fully saturated rings. The molecular weight excluding hydrogens is 558 g/mol. The number of carbonyl (C=O) groups is 4. The number of hydrogen-bond donors (Lipinski definition) is 10. The van der Waals surface area contributed by atoms with Crippen LogP contribution in [0.3, 0.4) is 0 Å². The van der Waals surface area contributed by atoms with Gasteiger partial charge < -0.3 is 55.5 Å². The van der Waals surface area contributed by atoms with Crippen LogP contribution in [-0.2, 0) is 25.6 Å². The van der Waals surface area contributed by atoms with Gasteiger partial charge in [0, 0.05) is 19.5 Å². The van der Waals surface area contributed by atoms with Crippen LogP contribution in [0.25, 0.3) is 0 Å². The van der Waals surface area contributed by atoms with Gasteiger partial charge in [-0.15, -0.1) is 0 Å². The lowest BCUT2D eigenvalue weighted by molar-refractivity contribution is -0.142. The molecule has 0 unspecified atom stereocenters. The highest BCUT2D eigenvalue weighted by Crippen LogP contribution is 2.08. The van der Waals surface area contributed by atoms with Gasteiger partial charge in [-0.05, 0) is 57.1 Å². The van der Waals surface area contributed by atoms with Crippen LogP contribution in [0.1, 0.15) is 50.5 Å². The van der Waals surface area contributed by atoms with E-state index in [-0.39, 0.29) is 50.7 Å². The van der Waals surface area contributed by atoms with E-state index in [0.717, 1.165) is 5.56 Å². The first kappa shape index (κ1) is 36.6. The van der Waals surface area contributed by atoms with Crippen molar-refractivity contribution < 1.29 is 24.3 Å². The van der Waals surface area contributed by atoms with E-state index in [2.05, 4.69) is 25.9 Å². The lowest BCUT2D eigenvalue weighted by Crippen LogP contribution is -2.57. The maximum Gasteiger partial charge on any atom is 0.326 e. The zero-order valence-corrected chi connectivity index (χ0v) is 24.4. The standard InChI is InChI=1S/C27H47N11O5/c28-13-5-4-11-20(25(42)43)37-23(40)19(12-7-15-35-27(32)33)36-24(41)21(16-17-8-2-1-3-9-17)38-22(39)18(29)10-6-14-34-26(30)31/h1-3,8-9,18-21H,4-7,10-16,28-29H2,(H,36,41)(H,37,40)(H,38,39)(H,42,43)(H4,30,31,34)(H4,32,33,35)/t18-,19-,20-,21-/m0/s1. The van der Waals surface area contributed by atoms with E-state index in [1.807, 2.05) is 6.07 Å². The third-order valence-electron chi connectivity index (χ3n) is 6.36. The summed E-state index contributed by atoms with van der Waals surface area (Å²) in [6, 6.07) is 4.63. The topological polar surface area (TPSA) is 305 Å². The Bertz CT molecular complexity index is 1080. The van der Waals surface area contributed by atoms with Crippen LogP contribution in [0, 0.1) is 0 Å². The monoisotopic (exact) mass is 605 g/mol. The maximum atomic E-state index is 13.5. The number of rotatable bonds is 21. The quantitative estimate of drug-likeness (QED) is 0.0391. The Morgan fingerprint density at radius 2 is 1.21 bits per heavy atom. The van der Waals surface area contributed by atoms with E-state index >= 15 is 0 Å². The molecule has 0 aliphatic carbocycles. The average molecular weight is 606 g/mol. The lowest BCUT2D eigenvalue weighted by atomic mass is 10.0. The first-order valence-electron chi connectivity index (χ1n) is 14.2. The highest BCUT2D eigenvalue weighted by molar-refractivity contribution is 5.94. The summed E-state index contributed by atoms with van der Waals surface area (Å²) in [6.45, 7) is 0.857. The van der Waals surface area contributed by atoms with Gasteiger partial charge in [0.1, 0.15) is 18.1 Å². The number of amides is 3. The predicted molar refractivity (Wildman–Crippen MR) is 164 cm³/mol. The molecule has 0 aliphatic rings. The van der Waals surface area contributed by atoms with Gasteiger partial charge in [-0.1, -0.05) is 30.3 Å². The van der Waals surface area contributed by atoms with Crippen molar-refractivity contribution in [2.24, 2.45) is 44.4 Å². The fourth-order valence-electron chi connectivity index (χ4n) is 4.06. The molecule has 0 aromatic heterocycles. The summed E-state index contributed by atoms with van der Waals surface area (Å²) in [7, 11) is 0. The molecule has 4 atom stereocenters. The number of carboxylic acids is 1. The summed E-state index contributed by atoms with van der Waals surface area (Å²) in [6.07, 6.45) is 2.47. The van der Waals surface area contributed by atoms with Crippen LogP contribution < -0.4 is 50.4 Å². The minimum atomic E-state index is -1.21. The second-order valence-corrected chi connectivity index (χ2v) is 10.0. The minimum Gasteiger partial charge on any atom is -0.480 e. The first-order chi connectivity index (χ1) is 20.4. The molecule has 16 heteroatoms. The van der Waals surface area contributed by atoms with Crippen LogP contribution >= 0.6 is 0 Å². The molecule has 0 saturated heterocycles. The molecule has 0 saturated carbocycles. The van der Waals surface area contributed by atoms with Gasteiger partial charge in [0.2, 0.25) is 17.7 Å². The fourth-order valence-corrected chi connectivity index (χ4v) is 4.06. The van der Waals surface area contributed by atoms with E-state index in [0.29, 0.717) is 32.2 Å². The van der Waals surface area contributed by atoms with Crippen molar-refractivity contribution in [2.45, 2.75) is 75.5 Å². The lowest BCUT2D eigenvalue weighted by Gasteiger charge is -2.25. The molecular formula is C27H47N11O5. The minimum absolute atomic E-state index is 0.0697. The van der Waals surface area contributed by atoms with Gasteiger partial charge >= 0.3 is 5.97 Å². The number of nitrogens with zero attached hydrogens (tertiary/aromatic N) is 2. The van der Waals surface area contributed by atoms with Crippen molar-refractivity contribution in [3.63, 3.8) is 0 Å². The molecule has 3 amide bonds. The van der Waals surface area contributed by atoms with Crippen LogP contribution in [0.5, 0.6) is 0 Å². The van der Waals surface area contributed by atoms with Crippen LogP contribution in [0.15, 0.2) is 40.3 Å². The highest BCUT2D eigenvalue weighted by atomic mass is 16.4. The summed E-state index contributed by atoms with van der Waals surface area (Å²) >= 11 is 0. The number of hydrogen-bond acceptors (Lipinski definition) is 8. The van der Waals surface area contributed by atoms with Gasteiger partial charge in [0.25, 0.3) is 0 Å². The molecule has 0 heterocycles. The molecule has 240 valence electrons. The van der Waals surface area contributed by atoms with Gasteiger partial charge in [0.15, 0.2) is 11.9 Å². The summed E-state index contributed by atoms with van der Waals surface area (Å²) in [5, 5.41) is 17.5. The van der Waals surface area contributed by atoms with Crippen molar-refractivity contribution in [3.8, 4) is 0 Å². The SMILES string of the molecule is NCCCC[C@H](NC(=O)[C@H](CCCN=C(N)N)NC(=O)[C@H](Cc1ccccc1)NC(=O)[C@@H](N)CCCN=C(N)N)C(=O)O. The number of nitrogens with two attached hydrogens (primary N) is 6. The molecule has 16 N–H and O–H groups in total. The van der Waals surface area contributed by atoms with E-state index in [1.54, 1.807) is 24.3 Å². The van der Waals surface area contributed by atoms with Gasteiger partial charge in [-0.2, -0.15) is 0 Å². The summed E-state index contributed by atoms with van der Waals surface area (Å²) in [5.41, 5.74) is 33.7. The van der Waals surface area contributed by atoms with Crippen LogP contribution in [0.4, 0.5) is 0 Å². The molecule has 1 aromatic carbocycles. The number of nitrogens with one attached hydrogen (secondary N) is 3. The Morgan fingerprint density at radius 1 is 0.698 bits per heavy atom. The highest BCUT2D eigenvalue weighted by Gasteiger charge is 2.30. The number of aliphatic carboxylic acids is 1. The normalized spacial score (nSPS) is 13.4. The van der Waals surface area contributed by atoms with Gasteiger partial charge in [-0.3, -0.25) is 24.4 Å². The van der Waals surface area contributed by atoms with Crippen LogP contribution in [0.2, 0.25) is 0 Å². The van der Waals surface area contributed by atoms with Crippen molar-refractivity contribution in [3.05, 3.63) is 35.9 Å². The Kier molecular flexibility index (Phi) is 17.4. The first-order valence-corrected chi connectivity index (χ1v) is 14.2. The summed E-state index contributed by atoms with van der Waals surface area (Å²) < 4.78 is 0. The Balaban J connectivity index is 3.10. The Morgan fingerprint density at radius 3 is 1.77 bits per heavy atom. The summed E-state index contributed by atoms with van der Waals surface area (Å²) in [5.74, 6) is -3.32. The third kappa shape index (κ3) is 16.0. The Labute approximate surface area is 251 Å². The zero-order valence-electron chi connectivity index (χ0n) is 24.4. The van der Waals surface area contributed by atoms with Crippen LogP contribution in [-0.4, -0.2) is 84.5 Å². The molecule has 1 rings (SSSR count). The number of aliphatic imine (C=N–C) groups is 2. The van der Waals surface area contributed by atoms with Crippen molar-refractivity contribution in [2.75, 3.05) is 19.6 Å². The maximum absolute atomic E-state index is 13.5. The van der Waals surface area contributed by atoms with E-state index in [9.17, 15) is 24.3 Å². The van der Waals surface area contributed by atoms with Gasteiger partial charge in [-0.25, -0.2) is 4.79 Å². The second-order valence-electron chi connectivity index (χ2n) is 10.0. The van der Waals surface area contributed by atoms with E-state index in [1.165, 1.54) is 0 Å². The van der Waals surface area contributed by atoms with Gasteiger partial charge in [0.05, 0.1) is 6.04 Å². The smallest absolute Gasteiger partial charge is 0.326 e. The van der Waals surface area contributed by atoms with E-state index in [4.69, 9.17) is 34.4 Å².